The van der Waals surface area contributed by atoms with Crippen molar-refractivity contribution in [3.05, 3.63) is 119 Å². The lowest BCUT2D eigenvalue weighted by Crippen LogP contribution is -2.54. The number of halogens is 1. The molecule has 0 spiro atoms. The third kappa shape index (κ3) is 8.58. The lowest BCUT2D eigenvalue weighted by atomic mass is 10.0. The van der Waals surface area contributed by atoms with Crippen LogP contribution in [0.2, 0.25) is 5.02 Å². The molecule has 11 heteroatoms. The van der Waals surface area contributed by atoms with Gasteiger partial charge in [-0.15, -0.1) is 0 Å². The molecule has 0 saturated heterocycles. The van der Waals surface area contributed by atoms with Gasteiger partial charge < -0.3 is 19.7 Å². The van der Waals surface area contributed by atoms with E-state index in [2.05, 4.69) is 5.32 Å². The lowest BCUT2D eigenvalue weighted by Gasteiger charge is -2.34. The van der Waals surface area contributed by atoms with Crippen molar-refractivity contribution < 1.29 is 27.5 Å². The summed E-state index contributed by atoms with van der Waals surface area (Å²) in [7, 11) is -1.26. The Morgan fingerprint density at radius 1 is 0.826 bits per heavy atom. The van der Waals surface area contributed by atoms with Crippen molar-refractivity contribution in [3.8, 4) is 11.5 Å². The van der Waals surface area contributed by atoms with Crippen LogP contribution in [0.15, 0.2) is 108 Å². The molecule has 0 bridgehead atoms. The maximum absolute atomic E-state index is 14.5. The maximum Gasteiger partial charge on any atom is 0.264 e. The fraction of sp³-hybridized carbons (Fsp3) is 0.257. The standard InChI is InChI=1S/C35H38ClN3O6S/c1-25(2)37-35(41)32(21-26-12-7-5-8-13-26)38(23-27-14-11-15-29(20-27)44-3)34(40)24-39(28-18-19-33(45-4)31(36)22-28)46(42,43)30-16-9-6-10-17-30/h5-20,22,25,32H,21,23-24H2,1-4H3,(H,37,41)/t32-/m0/s1. The molecule has 4 aromatic carbocycles. The molecule has 0 aliphatic carbocycles. The minimum Gasteiger partial charge on any atom is -0.497 e. The minimum absolute atomic E-state index is 0.00697. The van der Waals surface area contributed by atoms with Gasteiger partial charge in [0, 0.05) is 19.0 Å². The Hall–Kier alpha value is -4.54. The van der Waals surface area contributed by atoms with Crippen molar-refractivity contribution in [2.75, 3.05) is 25.1 Å². The second-order valence-electron chi connectivity index (χ2n) is 10.9. The van der Waals surface area contributed by atoms with Crippen LogP contribution in [-0.4, -0.2) is 58.0 Å². The van der Waals surface area contributed by atoms with Crippen LogP contribution >= 0.6 is 11.6 Å². The molecule has 1 N–H and O–H groups in total. The quantitative estimate of drug-likeness (QED) is 0.185. The molecular weight excluding hydrogens is 626 g/mol. The number of methoxy groups -OCH3 is 2. The molecule has 9 nitrogen and oxygen atoms in total. The number of rotatable bonds is 14. The van der Waals surface area contributed by atoms with E-state index >= 15 is 0 Å². The van der Waals surface area contributed by atoms with Gasteiger partial charge in [-0.25, -0.2) is 8.42 Å². The van der Waals surface area contributed by atoms with E-state index in [1.54, 1.807) is 43.5 Å². The van der Waals surface area contributed by atoms with E-state index in [1.807, 2.05) is 50.2 Å². The van der Waals surface area contributed by atoms with Crippen LogP contribution in [-0.2, 0) is 32.6 Å². The Morgan fingerprint density at radius 3 is 2.09 bits per heavy atom. The predicted molar refractivity (Wildman–Crippen MR) is 180 cm³/mol. The molecule has 46 heavy (non-hydrogen) atoms. The molecular formula is C35H38ClN3O6S. The largest absolute Gasteiger partial charge is 0.497 e. The second-order valence-corrected chi connectivity index (χ2v) is 13.2. The smallest absolute Gasteiger partial charge is 0.264 e. The second kappa shape index (κ2) is 15.6. The lowest BCUT2D eigenvalue weighted by molar-refractivity contribution is -0.140. The van der Waals surface area contributed by atoms with Crippen LogP contribution < -0.4 is 19.1 Å². The summed E-state index contributed by atoms with van der Waals surface area (Å²) in [5, 5.41) is 3.12. The van der Waals surface area contributed by atoms with Crippen LogP contribution in [0, 0.1) is 0 Å². The Labute approximate surface area is 275 Å². The molecule has 242 valence electrons. The fourth-order valence-electron chi connectivity index (χ4n) is 4.96. The summed E-state index contributed by atoms with van der Waals surface area (Å²) in [6.07, 6.45) is 0.203. The van der Waals surface area contributed by atoms with Gasteiger partial charge in [-0.3, -0.25) is 13.9 Å². The molecule has 0 fully saturated rings. The van der Waals surface area contributed by atoms with Crippen molar-refractivity contribution in [1.82, 2.24) is 10.2 Å². The number of sulfonamides is 1. The summed E-state index contributed by atoms with van der Waals surface area (Å²) in [6, 6.07) is 27.7. The molecule has 0 unspecified atom stereocenters. The average molecular weight is 664 g/mol. The number of benzene rings is 4. The first-order valence-corrected chi connectivity index (χ1v) is 16.5. The zero-order chi connectivity index (χ0) is 33.3. The van der Waals surface area contributed by atoms with E-state index < -0.39 is 28.5 Å². The van der Waals surface area contributed by atoms with E-state index in [-0.39, 0.29) is 40.5 Å². The van der Waals surface area contributed by atoms with Crippen molar-refractivity contribution in [2.45, 2.75) is 43.8 Å². The van der Waals surface area contributed by atoms with Crippen molar-refractivity contribution >= 4 is 39.1 Å². The third-order valence-corrected chi connectivity index (χ3v) is 9.31. The van der Waals surface area contributed by atoms with Crippen molar-refractivity contribution in [3.63, 3.8) is 0 Å². The summed E-state index contributed by atoms with van der Waals surface area (Å²) >= 11 is 6.43. The van der Waals surface area contributed by atoms with Crippen molar-refractivity contribution in [2.24, 2.45) is 0 Å². The van der Waals surface area contributed by atoms with Crippen LogP contribution in [0.25, 0.3) is 0 Å². The van der Waals surface area contributed by atoms with Gasteiger partial charge in [-0.1, -0.05) is 72.3 Å². The number of ether oxygens (including phenoxy) is 2. The first-order valence-electron chi connectivity index (χ1n) is 14.7. The number of hydrogen-bond acceptors (Lipinski definition) is 6. The molecule has 0 radical (unpaired) electrons. The van der Waals surface area contributed by atoms with Gasteiger partial charge in [0.2, 0.25) is 11.8 Å². The number of carbonyl (C=O) groups excluding carboxylic acids is 2. The molecule has 2 amide bonds. The minimum atomic E-state index is -4.26. The average Bonchev–Trinajstić information content (AvgIpc) is 3.05. The van der Waals surface area contributed by atoms with Gasteiger partial charge in [0.05, 0.1) is 29.8 Å². The van der Waals surface area contributed by atoms with E-state index in [9.17, 15) is 18.0 Å². The Bertz CT molecular complexity index is 1740. The summed E-state index contributed by atoms with van der Waals surface area (Å²) < 4.78 is 39.9. The maximum atomic E-state index is 14.5. The molecule has 0 aliphatic heterocycles. The molecule has 0 aliphatic rings. The number of hydrogen-bond donors (Lipinski definition) is 1. The highest BCUT2D eigenvalue weighted by atomic mass is 35.5. The molecule has 0 aromatic heterocycles. The number of nitrogens with zero attached hydrogens (tertiary/aromatic N) is 2. The van der Waals surface area contributed by atoms with Crippen LogP contribution in [0.4, 0.5) is 5.69 Å². The van der Waals surface area contributed by atoms with Gasteiger partial charge in [0.15, 0.2) is 0 Å². The number of anilines is 1. The molecule has 1 atom stereocenters. The SMILES string of the molecule is COc1cccc(CN(C(=O)CN(c2ccc(OC)c(Cl)c2)S(=O)(=O)c2ccccc2)[C@@H](Cc2ccccc2)C(=O)NC(C)C)c1. The zero-order valence-corrected chi connectivity index (χ0v) is 27.8. The first kappa shape index (κ1) is 34.3. The van der Waals surface area contributed by atoms with Gasteiger partial charge in [0.25, 0.3) is 10.0 Å². The van der Waals surface area contributed by atoms with E-state index in [0.717, 1.165) is 9.87 Å². The van der Waals surface area contributed by atoms with Crippen LogP contribution in [0.3, 0.4) is 0 Å². The highest BCUT2D eigenvalue weighted by Gasteiger charge is 2.35. The van der Waals surface area contributed by atoms with Gasteiger partial charge in [-0.05, 0) is 67.4 Å². The van der Waals surface area contributed by atoms with E-state index in [0.29, 0.717) is 17.1 Å². The normalized spacial score (nSPS) is 11.9. The fourth-order valence-corrected chi connectivity index (χ4v) is 6.64. The number of nitrogens with one attached hydrogen (secondary N) is 1. The molecule has 4 rings (SSSR count). The summed E-state index contributed by atoms with van der Waals surface area (Å²) in [5.74, 6) is -0.0202. The Morgan fingerprint density at radius 2 is 1.48 bits per heavy atom. The van der Waals surface area contributed by atoms with Crippen molar-refractivity contribution in [1.29, 1.82) is 0 Å². The topological polar surface area (TPSA) is 105 Å². The first-order chi connectivity index (χ1) is 22.0. The Kier molecular flexibility index (Phi) is 11.7. The molecule has 0 heterocycles. The third-order valence-electron chi connectivity index (χ3n) is 7.22. The monoisotopic (exact) mass is 663 g/mol. The molecule has 0 saturated carbocycles. The van der Waals surface area contributed by atoms with E-state index in [4.69, 9.17) is 21.1 Å². The van der Waals surface area contributed by atoms with Gasteiger partial charge in [0.1, 0.15) is 24.1 Å². The summed E-state index contributed by atoms with van der Waals surface area (Å²) in [5.41, 5.74) is 1.70. The summed E-state index contributed by atoms with van der Waals surface area (Å²) in [6.45, 7) is 3.09. The number of carbonyl (C=O) groups is 2. The highest BCUT2D eigenvalue weighted by molar-refractivity contribution is 7.92. The Balaban J connectivity index is 1.83. The van der Waals surface area contributed by atoms with E-state index in [1.165, 1.54) is 42.3 Å². The summed E-state index contributed by atoms with van der Waals surface area (Å²) in [4.78, 5) is 29.8. The van der Waals surface area contributed by atoms with Gasteiger partial charge in [-0.2, -0.15) is 0 Å². The molecule has 4 aromatic rings. The van der Waals surface area contributed by atoms with Crippen LogP contribution in [0.1, 0.15) is 25.0 Å². The highest BCUT2D eigenvalue weighted by Crippen LogP contribution is 2.32. The number of amides is 2. The zero-order valence-electron chi connectivity index (χ0n) is 26.2. The predicted octanol–water partition coefficient (Wildman–Crippen LogP) is 5.72. The van der Waals surface area contributed by atoms with Crippen LogP contribution in [0.5, 0.6) is 11.5 Å². The van der Waals surface area contributed by atoms with Gasteiger partial charge >= 0.3 is 0 Å².